The van der Waals surface area contributed by atoms with Crippen molar-refractivity contribution in [1.29, 1.82) is 0 Å². The molecule has 3 aliphatic heterocycles. The summed E-state index contributed by atoms with van der Waals surface area (Å²) in [5, 5.41) is 13.7. The van der Waals surface area contributed by atoms with E-state index in [0.29, 0.717) is 41.0 Å². The molecule has 506 valence electrons. The monoisotopic (exact) mass is 1420 g/mol. The average molecular weight is 1420 g/mol. The Balaban J connectivity index is 0.000000175. The third kappa shape index (κ3) is 13.0. The second kappa shape index (κ2) is 30.8. The Morgan fingerprint density at radius 1 is 0.541 bits per heavy atom. The molecule has 0 saturated carbocycles. The van der Waals surface area contributed by atoms with Gasteiger partial charge in [0, 0.05) is 88.8 Å². The second-order valence-corrected chi connectivity index (χ2v) is 24.3. The molecule has 0 bridgehead atoms. The van der Waals surface area contributed by atoms with Crippen molar-refractivity contribution in [3.8, 4) is 62.9 Å². The fourth-order valence-electron chi connectivity index (χ4n) is 12.7. The van der Waals surface area contributed by atoms with E-state index in [-0.39, 0.29) is 177 Å². The van der Waals surface area contributed by atoms with Crippen molar-refractivity contribution in [3.05, 3.63) is 193 Å². The summed E-state index contributed by atoms with van der Waals surface area (Å²) in [6.07, 6.45) is 5.07. The maximum atomic E-state index is 14.0. The van der Waals surface area contributed by atoms with Gasteiger partial charge in [-0.1, -0.05) is 147 Å². The van der Waals surface area contributed by atoms with Crippen LogP contribution in [0.25, 0.3) is 11.1 Å². The summed E-state index contributed by atoms with van der Waals surface area (Å²) in [5.74, 6) is -2.67. The molecule has 6 N–H and O–H groups in total. The van der Waals surface area contributed by atoms with Crippen LogP contribution in [0.5, 0.6) is 51.7 Å². The summed E-state index contributed by atoms with van der Waals surface area (Å²) < 4.78 is 49.7. The number of aromatic amines is 1. The van der Waals surface area contributed by atoms with E-state index in [9.17, 15) is 43.5 Å². The third-order valence-electron chi connectivity index (χ3n) is 17.7. The summed E-state index contributed by atoms with van der Waals surface area (Å²) in [6.45, 7) is 5.39. The van der Waals surface area contributed by atoms with Crippen molar-refractivity contribution < 1.29 is 143 Å². The Morgan fingerprint density at radius 2 is 0.929 bits per heavy atom. The number of carbonyl (C=O) groups excluding carboxylic acids is 8. The zero-order chi connectivity index (χ0) is 69.3. The number of H-pyrrole nitrogens is 1. The van der Waals surface area contributed by atoms with Crippen LogP contribution in [-0.4, -0.2) is 134 Å². The van der Waals surface area contributed by atoms with E-state index >= 15 is 0 Å². The molecule has 6 atom stereocenters. The first-order chi connectivity index (χ1) is 46.0. The number of nitrogens with two attached hydrogens (primary N) is 1. The number of ether oxygens (including phenoxy) is 9. The van der Waals surface area contributed by atoms with Crippen LogP contribution in [0.4, 0.5) is 0 Å². The maximum absolute atomic E-state index is 14.0. The van der Waals surface area contributed by atoms with Crippen molar-refractivity contribution >= 4 is 81.1 Å². The number of Topliss-reactive ketones (excluding diaryl/α,β-unsaturated/α-hetero) is 6. The van der Waals surface area contributed by atoms with Crippen molar-refractivity contribution in [3.63, 3.8) is 0 Å². The van der Waals surface area contributed by atoms with Gasteiger partial charge in [0.25, 0.3) is 0 Å². The van der Waals surface area contributed by atoms with Crippen molar-refractivity contribution in [2.45, 2.75) is 56.8 Å². The second-order valence-electron chi connectivity index (χ2n) is 23.1. The van der Waals surface area contributed by atoms with Gasteiger partial charge in [-0.25, -0.2) is 0 Å². The summed E-state index contributed by atoms with van der Waals surface area (Å²) >= 11 is 19.1. The molecule has 3 spiro atoms. The van der Waals surface area contributed by atoms with Crippen molar-refractivity contribution in [2.24, 2.45) is 23.5 Å². The first kappa shape index (κ1) is 75.4. The molecule has 0 amide bonds. The van der Waals surface area contributed by atoms with E-state index < -0.39 is 63.4 Å². The largest absolute Gasteiger partial charge is 1.00 e. The van der Waals surface area contributed by atoms with E-state index in [2.05, 4.69) is 10.3 Å². The molecule has 0 fully saturated rings. The molecule has 26 heteroatoms. The number of methoxy groups -OCH3 is 6. The predicted octanol–water partition coefficient (Wildman–Crippen LogP) is 8.75. The Hall–Kier alpha value is -8.33. The van der Waals surface area contributed by atoms with Gasteiger partial charge in [-0.15, -0.1) is 0 Å². The SMILES string of the molecule is COc1cc(OC)c2c(c1Cl)O[C@@]1(C(=O)C=C(NCC(=O)c3ccccc3)C[C@H]1C)C2=O.COc1cc(OC)c2c(c1Cl)O[C@@]1(C(=O)c3c(-c4ccccc4)c[nH]c3C[C@H]1C)C2=O.COc1cc(OC)c2c(c1Cl)O[C@]1(C2=O)C(O)=CC(=O)C[C@H]1C.NCC(=O)c1ccccc1.[K+].[OH-]. The predicted molar refractivity (Wildman–Crippen MR) is 357 cm³/mol. The minimum atomic E-state index is -1.74. The van der Waals surface area contributed by atoms with Crippen LogP contribution in [0.2, 0.25) is 15.1 Å². The van der Waals surface area contributed by atoms with Gasteiger partial charge in [-0.05, 0) is 18.4 Å². The topological polar surface area (TPSA) is 324 Å². The summed E-state index contributed by atoms with van der Waals surface area (Å²) in [5.41, 5.74) is 5.24. The number of halogens is 3. The third-order valence-corrected chi connectivity index (χ3v) is 18.8. The van der Waals surface area contributed by atoms with Gasteiger partial charge in [0.15, 0.2) is 34.6 Å². The van der Waals surface area contributed by atoms with Crippen LogP contribution in [-0.2, 0) is 16.0 Å². The number of allylic oxidation sites excluding steroid dienone is 2. The number of hydrogen-bond acceptors (Lipinski definition) is 21. The summed E-state index contributed by atoms with van der Waals surface area (Å²) in [6, 6.07) is 32.0. The molecule has 98 heavy (non-hydrogen) atoms. The molecule has 3 aliphatic carbocycles. The fraction of sp³-hybridized carbons (Fsp3) is 0.278. The fourth-order valence-corrected chi connectivity index (χ4v) is 13.5. The molecule has 6 aliphatic rings. The van der Waals surface area contributed by atoms with Gasteiger partial charge < -0.3 is 69.2 Å². The van der Waals surface area contributed by atoms with Gasteiger partial charge in [-0.3, -0.25) is 38.4 Å². The van der Waals surface area contributed by atoms with Gasteiger partial charge in [0.05, 0.1) is 61.3 Å². The van der Waals surface area contributed by atoms with Crippen LogP contribution < -0.4 is 105 Å². The Kier molecular flexibility index (Phi) is 23.7. The maximum Gasteiger partial charge on any atom is 1.00 e. The quantitative estimate of drug-likeness (QED) is 0.0476. The van der Waals surface area contributed by atoms with Crippen molar-refractivity contribution in [2.75, 3.05) is 55.7 Å². The first-order valence-corrected chi connectivity index (χ1v) is 31.3. The number of aromatic nitrogens is 1. The van der Waals surface area contributed by atoms with Crippen LogP contribution >= 0.6 is 34.8 Å². The summed E-state index contributed by atoms with van der Waals surface area (Å²) in [4.78, 5) is 106. The van der Waals surface area contributed by atoms with Gasteiger partial charge >= 0.3 is 51.4 Å². The molecular formula is C72H67Cl3KN3O19. The standard InChI is InChI=1S/C24H22ClNO6.C24H20ClNO5.C16H15ClO6.C8H9NO.K.H2O/c1-13-9-15(26-12-16(27)14-7-5-4-6-8-14)10-19(28)24(13)23(29)20-17(30-2)11-18(31-3)21(25)22(20)32-24;1-12-9-15-18(14(11-26-15)13-7-5-4-6-8-13)22(27)24(12)23(28)19-16(29-2)10-17(30-3)20(25)21(19)31-24;1-7-4-8(18)5-11(19)16(7)15(20)12-9(21-2)6-10(22-3)13(17)14(12)23-16;9-6-8(10)7-4-2-1-3-5-7;;/h4-8,10-11,13,26H,9,12H2,1-3H3;4-8,10-12,26H,9H2,1-3H3;5-7,19H,4H2,1-3H3;1-5H,6,9H2;;1H2/q;;;;+1;/p-1/t13-,24+;12-,24+;7-,16+;;;/m111.../s1. The molecule has 1 aromatic heterocycles. The molecule has 6 aromatic carbocycles. The van der Waals surface area contributed by atoms with E-state index in [1.165, 1.54) is 66.9 Å². The Bertz CT molecular complexity index is 4390. The van der Waals surface area contributed by atoms with E-state index in [1.54, 1.807) is 50.2 Å². The number of rotatable bonds is 13. The molecular weight excluding hydrogens is 1360 g/mol. The normalized spacial score (nSPS) is 20.9. The molecule has 0 unspecified atom stereocenters. The first-order valence-electron chi connectivity index (χ1n) is 30.1. The van der Waals surface area contributed by atoms with Crippen LogP contribution in [0, 0.1) is 17.8 Å². The Morgan fingerprint density at radius 3 is 1.37 bits per heavy atom. The molecule has 22 nitrogen and oxygen atoms in total. The van der Waals surface area contributed by atoms with E-state index in [0.717, 1.165) is 22.9 Å². The smallest absolute Gasteiger partial charge is 0.870 e. The zero-order valence-corrected chi connectivity index (χ0v) is 60.3. The van der Waals surface area contributed by atoms with Crippen molar-refractivity contribution in [1.82, 2.24) is 10.3 Å². The number of ketones is 8. The number of benzene rings is 6. The summed E-state index contributed by atoms with van der Waals surface area (Å²) in [7, 11) is 8.60. The number of hydrogen-bond donors (Lipinski definition) is 4. The molecule has 0 radical (unpaired) electrons. The Labute approximate surface area is 621 Å². The van der Waals surface area contributed by atoms with Gasteiger partial charge in [0.2, 0.25) is 45.7 Å². The number of nitrogens with one attached hydrogen (secondary N) is 2. The number of aliphatic hydroxyl groups is 1. The van der Waals surface area contributed by atoms with E-state index in [1.807, 2.05) is 67.7 Å². The molecule has 0 saturated heterocycles. The number of carbonyl (C=O) groups is 8. The molecule has 4 heterocycles. The van der Waals surface area contributed by atoms with E-state index in [4.69, 9.17) is 83.2 Å². The van der Waals surface area contributed by atoms with Gasteiger partial charge in [0.1, 0.15) is 72.0 Å². The van der Waals surface area contributed by atoms with Crippen LogP contribution in [0.3, 0.4) is 0 Å². The minimum absolute atomic E-state index is 0. The number of aliphatic hydroxyl groups excluding tert-OH is 1. The number of fused-ring (bicyclic) bond motifs is 4. The molecule has 7 aromatic rings. The van der Waals surface area contributed by atoms with Crippen LogP contribution in [0.1, 0.15) is 101 Å². The average Bonchev–Trinajstić information content (AvgIpc) is 1.56. The minimum Gasteiger partial charge on any atom is -0.870 e. The zero-order valence-electron chi connectivity index (χ0n) is 54.9. The van der Waals surface area contributed by atoms with Crippen LogP contribution in [0.15, 0.2) is 139 Å². The van der Waals surface area contributed by atoms with Gasteiger partial charge in [-0.2, -0.15) is 0 Å². The molecule has 13 rings (SSSR count).